The molecule has 1 heterocycles. The lowest BCUT2D eigenvalue weighted by molar-refractivity contribution is -0.140. The highest BCUT2D eigenvalue weighted by molar-refractivity contribution is 5.99. The Morgan fingerprint density at radius 1 is 1.80 bits per heavy atom. The van der Waals surface area contributed by atoms with Crippen LogP contribution in [0, 0.1) is 0 Å². The Morgan fingerprint density at radius 3 is 2.60 bits per heavy atom. The zero-order chi connectivity index (χ0) is 7.72. The fraction of sp³-hybridized carbons (Fsp3) is 0.333. The van der Waals surface area contributed by atoms with Gasteiger partial charge in [-0.1, -0.05) is 6.58 Å². The van der Waals surface area contributed by atoms with E-state index in [-0.39, 0.29) is 12.3 Å². The average Bonchev–Trinajstić information content (AvgIpc) is 2.13. The Hall–Kier alpha value is -1.32. The molecule has 1 amide bonds. The third-order valence-electron chi connectivity index (χ3n) is 1.38. The largest absolute Gasteiger partial charge is 0.480 e. The molecule has 54 valence electrons. The van der Waals surface area contributed by atoms with Gasteiger partial charge in [-0.2, -0.15) is 0 Å². The van der Waals surface area contributed by atoms with Crippen molar-refractivity contribution in [3.63, 3.8) is 0 Å². The van der Waals surface area contributed by atoms with E-state index in [2.05, 4.69) is 11.9 Å². The molecule has 0 radical (unpaired) electrons. The van der Waals surface area contributed by atoms with Crippen molar-refractivity contribution < 1.29 is 14.7 Å². The molecule has 0 saturated carbocycles. The van der Waals surface area contributed by atoms with Gasteiger partial charge in [0.05, 0.1) is 0 Å². The van der Waals surface area contributed by atoms with Crippen LogP contribution in [-0.4, -0.2) is 23.0 Å². The molecule has 0 aromatic heterocycles. The van der Waals surface area contributed by atoms with Gasteiger partial charge in [0.25, 0.3) is 0 Å². The molecule has 1 fully saturated rings. The first-order valence-corrected chi connectivity index (χ1v) is 2.82. The zero-order valence-corrected chi connectivity index (χ0v) is 5.26. The minimum atomic E-state index is -1.01. The Kier molecular flexibility index (Phi) is 1.45. The van der Waals surface area contributed by atoms with Crippen molar-refractivity contribution in [2.75, 3.05) is 0 Å². The highest BCUT2D eigenvalue weighted by Gasteiger charge is 2.29. The van der Waals surface area contributed by atoms with Crippen LogP contribution in [0.1, 0.15) is 6.42 Å². The molecule has 0 aromatic rings. The molecule has 4 nitrogen and oxygen atoms in total. The normalized spacial score (nSPS) is 24.6. The summed E-state index contributed by atoms with van der Waals surface area (Å²) in [5, 5.41) is 10.7. The number of carboxylic acid groups (broad SMARTS) is 1. The molecule has 0 aliphatic carbocycles. The van der Waals surface area contributed by atoms with Gasteiger partial charge in [-0.15, -0.1) is 0 Å². The number of hydrogen-bond donors (Lipinski definition) is 2. The summed E-state index contributed by atoms with van der Waals surface area (Å²) in [6.45, 7) is 3.39. The van der Waals surface area contributed by atoms with Gasteiger partial charge in [-0.25, -0.2) is 4.79 Å². The van der Waals surface area contributed by atoms with Gasteiger partial charge in [0.1, 0.15) is 6.04 Å². The lowest BCUT2D eigenvalue weighted by Crippen LogP contribution is -2.32. The zero-order valence-electron chi connectivity index (χ0n) is 5.26. The van der Waals surface area contributed by atoms with E-state index in [9.17, 15) is 9.59 Å². The smallest absolute Gasteiger partial charge is 0.326 e. The van der Waals surface area contributed by atoms with E-state index >= 15 is 0 Å². The molecule has 0 unspecified atom stereocenters. The molecule has 1 aliphatic rings. The van der Waals surface area contributed by atoms with Crippen LogP contribution in [0.3, 0.4) is 0 Å². The van der Waals surface area contributed by atoms with E-state index in [4.69, 9.17) is 5.11 Å². The van der Waals surface area contributed by atoms with Crippen molar-refractivity contribution in [3.8, 4) is 0 Å². The Balaban J connectivity index is 2.66. The molecule has 0 bridgehead atoms. The van der Waals surface area contributed by atoms with Gasteiger partial charge in [0, 0.05) is 12.0 Å². The summed E-state index contributed by atoms with van der Waals surface area (Å²) < 4.78 is 0. The van der Waals surface area contributed by atoms with Gasteiger partial charge in [-0.05, 0) is 0 Å². The van der Waals surface area contributed by atoms with Crippen LogP contribution in [0.15, 0.2) is 12.2 Å². The summed E-state index contributed by atoms with van der Waals surface area (Å²) in [6.07, 6.45) is 0.216. The summed E-state index contributed by atoms with van der Waals surface area (Å²) in [7, 11) is 0. The van der Waals surface area contributed by atoms with Crippen molar-refractivity contribution in [3.05, 3.63) is 12.2 Å². The molecule has 1 rings (SSSR count). The Bertz CT molecular complexity index is 193. The molecular weight excluding hydrogens is 134 g/mol. The summed E-state index contributed by atoms with van der Waals surface area (Å²) in [5.41, 5.74) is 0.340. The number of hydrogen-bond acceptors (Lipinski definition) is 2. The number of aliphatic carboxylic acids is 1. The fourth-order valence-electron chi connectivity index (χ4n) is 0.799. The van der Waals surface area contributed by atoms with Gasteiger partial charge in [0.2, 0.25) is 5.91 Å². The van der Waals surface area contributed by atoms with E-state index in [0.29, 0.717) is 5.57 Å². The maximum absolute atomic E-state index is 10.6. The van der Waals surface area contributed by atoms with Crippen molar-refractivity contribution in [1.82, 2.24) is 5.32 Å². The van der Waals surface area contributed by atoms with Gasteiger partial charge in [-0.3, -0.25) is 4.79 Å². The van der Waals surface area contributed by atoms with Crippen LogP contribution in [0.4, 0.5) is 0 Å². The van der Waals surface area contributed by atoms with Crippen molar-refractivity contribution >= 4 is 11.9 Å². The second-order valence-corrected chi connectivity index (χ2v) is 2.17. The van der Waals surface area contributed by atoms with E-state index in [1.807, 2.05) is 0 Å². The number of carbonyl (C=O) groups excluding carboxylic acids is 1. The summed E-state index contributed by atoms with van der Waals surface area (Å²) in [4.78, 5) is 20.9. The quantitative estimate of drug-likeness (QED) is 0.484. The molecule has 10 heavy (non-hydrogen) atoms. The van der Waals surface area contributed by atoms with E-state index in [1.54, 1.807) is 0 Å². The average molecular weight is 141 g/mol. The van der Waals surface area contributed by atoms with Crippen molar-refractivity contribution in [1.29, 1.82) is 0 Å². The first kappa shape index (κ1) is 6.80. The van der Waals surface area contributed by atoms with Crippen LogP contribution in [0.25, 0.3) is 0 Å². The number of rotatable bonds is 1. The van der Waals surface area contributed by atoms with Gasteiger partial charge < -0.3 is 10.4 Å². The highest BCUT2D eigenvalue weighted by atomic mass is 16.4. The molecule has 1 aliphatic heterocycles. The molecule has 1 atom stereocenters. The minimum absolute atomic E-state index is 0.216. The number of carbonyl (C=O) groups is 2. The number of nitrogens with one attached hydrogen (secondary N) is 1. The molecule has 0 aromatic carbocycles. The van der Waals surface area contributed by atoms with E-state index in [1.165, 1.54) is 0 Å². The van der Waals surface area contributed by atoms with Crippen LogP contribution in [0.2, 0.25) is 0 Å². The standard InChI is InChI=1S/C6H7NO3/c1-3-2-4(6(9)10)7-5(3)8/h4H,1-2H2,(H,7,8)(H,9,10)/t4-/m1/s1. The lowest BCUT2D eigenvalue weighted by Gasteiger charge is -1.99. The second kappa shape index (κ2) is 2.13. The van der Waals surface area contributed by atoms with Crippen molar-refractivity contribution in [2.24, 2.45) is 0 Å². The molecule has 0 spiro atoms. The summed E-state index contributed by atoms with van der Waals surface area (Å²) >= 11 is 0. The first-order chi connectivity index (χ1) is 4.61. The van der Waals surface area contributed by atoms with Crippen LogP contribution >= 0.6 is 0 Å². The number of carboxylic acids is 1. The second-order valence-electron chi connectivity index (χ2n) is 2.17. The Morgan fingerprint density at radius 2 is 2.40 bits per heavy atom. The molecule has 4 heteroatoms. The van der Waals surface area contributed by atoms with Gasteiger partial charge in [0.15, 0.2) is 0 Å². The predicted molar refractivity (Wildman–Crippen MR) is 33.3 cm³/mol. The van der Waals surface area contributed by atoms with Crippen LogP contribution in [-0.2, 0) is 9.59 Å². The number of amides is 1. The summed E-state index contributed by atoms with van der Waals surface area (Å²) in [6, 6.07) is -0.764. The van der Waals surface area contributed by atoms with Crippen LogP contribution in [0.5, 0.6) is 0 Å². The summed E-state index contributed by atoms with van der Waals surface area (Å²) in [5.74, 6) is -1.36. The minimum Gasteiger partial charge on any atom is -0.480 e. The van der Waals surface area contributed by atoms with E-state index < -0.39 is 12.0 Å². The maximum Gasteiger partial charge on any atom is 0.326 e. The van der Waals surface area contributed by atoms with E-state index in [0.717, 1.165) is 0 Å². The lowest BCUT2D eigenvalue weighted by atomic mass is 10.2. The van der Waals surface area contributed by atoms with Gasteiger partial charge >= 0.3 is 5.97 Å². The third kappa shape index (κ3) is 1.00. The van der Waals surface area contributed by atoms with Crippen molar-refractivity contribution in [2.45, 2.75) is 12.5 Å². The molecule has 2 N–H and O–H groups in total. The topological polar surface area (TPSA) is 66.4 Å². The van der Waals surface area contributed by atoms with Crippen LogP contribution < -0.4 is 5.32 Å². The monoisotopic (exact) mass is 141 g/mol. The maximum atomic E-state index is 10.6. The highest BCUT2D eigenvalue weighted by Crippen LogP contribution is 2.11. The first-order valence-electron chi connectivity index (χ1n) is 2.82. The predicted octanol–water partition coefficient (Wildman–Crippen LogP) is -0.484. The SMILES string of the molecule is C=C1C[C@H](C(=O)O)NC1=O. The molecule has 1 saturated heterocycles. The molecular formula is C6H7NO3. The fourth-order valence-corrected chi connectivity index (χ4v) is 0.799. The Labute approximate surface area is 57.5 Å². The third-order valence-corrected chi connectivity index (χ3v) is 1.38.